The number of phosphoric acid groups is 1. The van der Waals surface area contributed by atoms with E-state index in [1.807, 2.05) is 0 Å². The Kier molecular flexibility index (Phi) is 14.5. The number of unbranched alkanes of at least 4 members (excludes halogenated alkanes) is 1. The third kappa shape index (κ3) is 11.0. The molecular formula is C28H37N2O15P. The van der Waals surface area contributed by atoms with Gasteiger partial charge in [0.2, 0.25) is 6.79 Å². The van der Waals surface area contributed by atoms with Gasteiger partial charge in [0.1, 0.15) is 6.61 Å². The van der Waals surface area contributed by atoms with Gasteiger partial charge in [0, 0.05) is 37.1 Å². The molecule has 0 saturated carbocycles. The van der Waals surface area contributed by atoms with Crippen LogP contribution in [0.15, 0.2) is 46.8 Å². The summed E-state index contributed by atoms with van der Waals surface area (Å²) < 4.78 is 40.8. The molecule has 1 heterocycles. The number of carbonyl (C=O) groups is 4. The van der Waals surface area contributed by atoms with E-state index in [2.05, 4.69) is 4.52 Å². The van der Waals surface area contributed by atoms with Gasteiger partial charge >= 0.3 is 31.8 Å². The zero-order valence-electron chi connectivity index (χ0n) is 26.0. The second-order valence-electron chi connectivity index (χ2n) is 10.0. The maximum absolute atomic E-state index is 13.5. The van der Waals surface area contributed by atoms with Crippen LogP contribution in [0, 0.1) is 10.1 Å². The van der Waals surface area contributed by atoms with E-state index in [4.69, 9.17) is 33.5 Å². The summed E-state index contributed by atoms with van der Waals surface area (Å²) in [4.78, 5) is 81.6. The SMILES string of the molecule is COCCOC(=O)C1=C(C)N(C(=O)OCOC(=O)CCCCOP(=O)(O)O)C(C)=C(C(=O)OC(C)C)C1c1cccc([N+](=O)[O-])c1. The topological polar surface area (TPSA) is 228 Å². The molecule has 17 nitrogen and oxygen atoms in total. The van der Waals surface area contributed by atoms with Crippen molar-refractivity contribution in [1.29, 1.82) is 0 Å². The predicted molar refractivity (Wildman–Crippen MR) is 156 cm³/mol. The number of allylic oxidation sites excluding steroid dienone is 2. The van der Waals surface area contributed by atoms with Crippen molar-refractivity contribution in [3.63, 3.8) is 0 Å². The molecule has 1 aromatic carbocycles. The van der Waals surface area contributed by atoms with Crippen molar-refractivity contribution >= 4 is 37.5 Å². The summed E-state index contributed by atoms with van der Waals surface area (Å²) in [5, 5.41) is 11.6. The molecule has 1 aliphatic heterocycles. The largest absolute Gasteiger partial charge is 0.469 e. The van der Waals surface area contributed by atoms with Crippen molar-refractivity contribution in [3.05, 3.63) is 62.5 Å². The van der Waals surface area contributed by atoms with E-state index >= 15 is 0 Å². The Hall–Kier alpha value is -4.15. The Morgan fingerprint density at radius 1 is 0.978 bits per heavy atom. The molecule has 46 heavy (non-hydrogen) atoms. The summed E-state index contributed by atoms with van der Waals surface area (Å²) in [6, 6.07) is 5.30. The third-order valence-corrected chi connectivity index (χ3v) is 6.88. The van der Waals surface area contributed by atoms with Gasteiger partial charge in [-0.15, -0.1) is 0 Å². The van der Waals surface area contributed by atoms with Gasteiger partial charge in [-0.25, -0.2) is 18.9 Å². The number of hydrogen-bond donors (Lipinski definition) is 2. The van der Waals surface area contributed by atoms with E-state index < -0.39 is 55.6 Å². The number of nitro benzene ring substituents is 1. The second kappa shape index (κ2) is 17.5. The zero-order chi connectivity index (χ0) is 34.6. The van der Waals surface area contributed by atoms with Crippen LogP contribution in [0.25, 0.3) is 0 Å². The van der Waals surface area contributed by atoms with Gasteiger partial charge in [0.25, 0.3) is 5.69 Å². The summed E-state index contributed by atoms with van der Waals surface area (Å²) in [7, 11) is -3.23. The van der Waals surface area contributed by atoms with E-state index in [-0.39, 0.29) is 72.9 Å². The Morgan fingerprint density at radius 2 is 1.63 bits per heavy atom. The van der Waals surface area contributed by atoms with Crippen LogP contribution < -0.4 is 0 Å². The molecular weight excluding hydrogens is 635 g/mol. The lowest BCUT2D eigenvalue weighted by atomic mass is 9.79. The normalized spacial score (nSPS) is 15.1. The number of amides is 1. The highest BCUT2D eigenvalue weighted by Crippen LogP contribution is 2.44. The van der Waals surface area contributed by atoms with Gasteiger partial charge in [0.15, 0.2) is 0 Å². The average Bonchev–Trinajstić information content (AvgIpc) is 2.95. The van der Waals surface area contributed by atoms with Gasteiger partial charge in [-0.05, 0) is 46.1 Å². The highest BCUT2D eigenvalue weighted by atomic mass is 31.2. The van der Waals surface area contributed by atoms with Gasteiger partial charge in [-0.1, -0.05) is 12.1 Å². The molecule has 1 atom stereocenters. The summed E-state index contributed by atoms with van der Waals surface area (Å²) >= 11 is 0. The van der Waals surface area contributed by atoms with Crippen LogP contribution >= 0.6 is 7.82 Å². The average molecular weight is 673 g/mol. The first kappa shape index (κ1) is 38.0. The molecule has 1 unspecified atom stereocenters. The minimum atomic E-state index is -4.62. The molecule has 1 aliphatic rings. The molecule has 0 saturated heterocycles. The van der Waals surface area contributed by atoms with Crippen molar-refractivity contribution in [2.75, 3.05) is 33.7 Å². The van der Waals surface area contributed by atoms with Crippen LogP contribution in [-0.4, -0.2) is 83.4 Å². The number of benzene rings is 1. The number of hydrogen-bond acceptors (Lipinski definition) is 13. The fourth-order valence-electron chi connectivity index (χ4n) is 4.42. The van der Waals surface area contributed by atoms with E-state index in [0.29, 0.717) is 0 Å². The number of phosphoric ester groups is 1. The lowest BCUT2D eigenvalue weighted by Crippen LogP contribution is -2.39. The number of nitrogens with zero attached hydrogens (tertiary/aromatic N) is 2. The standard InChI is InChI=1S/C28H37N2O15P/c1-17(2)45-27(33)24-19(4)29(28(34)43-16-42-22(31)11-6-7-12-44-46(37,38)39)18(3)23(26(32)41-14-13-40-5)25(24)20-9-8-10-21(15-20)30(35)36/h8-10,15,17,25H,6-7,11-14,16H2,1-5H3,(H2,37,38,39). The van der Waals surface area contributed by atoms with Crippen molar-refractivity contribution in [1.82, 2.24) is 4.90 Å². The van der Waals surface area contributed by atoms with Crippen LogP contribution in [0.5, 0.6) is 0 Å². The first-order chi connectivity index (χ1) is 21.6. The highest BCUT2D eigenvalue weighted by Gasteiger charge is 2.43. The molecule has 0 bridgehead atoms. The molecule has 0 spiro atoms. The Morgan fingerprint density at radius 3 is 2.22 bits per heavy atom. The summed E-state index contributed by atoms with van der Waals surface area (Å²) in [6.07, 6.45) is -1.61. The second-order valence-corrected chi connectivity index (χ2v) is 11.3. The van der Waals surface area contributed by atoms with Gasteiger partial charge in [-0.3, -0.25) is 24.3 Å². The van der Waals surface area contributed by atoms with Crippen molar-refractivity contribution < 1.29 is 66.7 Å². The first-order valence-corrected chi connectivity index (χ1v) is 15.5. The molecule has 254 valence electrons. The van der Waals surface area contributed by atoms with E-state index in [0.717, 1.165) is 4.90 Å². The van der Waals surface area contributed by atoms with Gasteiger partial charge in [0.05, 0.1) is 41.3 Å². The predicted octanol–water partition coefficient (Wildman–Crippen LogP) is 3.60. The van der Waals surface area contributed by atoms with E-state index in [9.17, 15) is 33.9 Å². The minimum absolute atomic E-state index is 0.0190. The van der Waals surface area contributed by atoms with Gasteiger partial charge < -0.3 is 33.5 Å². The van der Waals surface area contributed by atoms with E-state index in [1.54, 1.807) is 13.8 Å². The quantitative estimate of drug-likeness (QED) is 0.0486. The zero-order valence-corrected chi connectivity index (χ0v) is 26.9. The summed E-state index contributed by atoms with van der Waals surface area (Å²) in [5.41, 5.74) is -0.576. The van der Waals surface area contributed by atoms with Crippen LogP contribution in [0.3, 0.4) is 0 Å². The number of carbonyl (C=O) groups excluding carboxylic acids is 4. The maximum atomic E-state index is 13.5. The van der Waals surface area contributed by atoms with Crippen LogP contribution in [0.4, 0.5) is 10.5 Å². The number of nitro groups is 1. The van der Waals surface area contributed by atoms with E-state index in [1.165, 1.54) is 45.2 Å². The number of non-ortho nitro benzene ring substituents is 1. The molecule has 1 aromatic rings. The van der Waals surface area contributed by atoms with Crippen molar-refractivity contribution in [2.45, 2.75) is 59.0 Å². The van der Waals surface area contributed by atoms with Crippen LogP contribution in [0.2, 0.25) is 0 Å². The number of methoxy groups -OCH3 is 1. The number of esters is 3. The molecule has 0 aliphatic carbocycles. The Bertz CT molecular complexity index is 1410. The van der Waals surface area contributed by atoms with Crippen molar-refractivity contribution in [2.24, 2.45) is 0 Å². The smallest absolute Gasteiger partial charge is 0.460 e. The van der Waals surface area contributed by atoms with Gasteiger partial charge in [-0.2, -0.15) is 0 Å². The van der Waals surface area contributed by atoms with Crippen LogP contribution in [-0.2, 0) is 47.2 Å². The molecule has 2 N–H and O–H groups in total. The Labute approximate surface area is 264 Å². The van der Waals surface area contributed by atoms with Crippen LogP contribution in [0.1, 0.15) is 58.4 Å². The molecule has 2 rings (SSSR count). The molecule has 0 aromatic heterocycles. The lowest BCUT2D eigenvalue weighted by Gasteiger charge is -2.36. The fourth-order valence-corrected chi connectivity index (χ4v) is 4.79. The third-order valence-electron chi connectivity index (χ3n) is 6.36. The molecule has 18 heteroatoms. The lowest BCUT2D eigenvalue weighted by molar-refractivity contribution is -0.384. The minimum Gasteiger partial charge on any atom is -0.460 e. The monoisotopic (exact) mass is 672 g/mol. The number of ether oxygens (including phenoxy) is 5. The molecule has 0 fully saturated rings. The fraction of sp³-hybridized carbons (Fsp3) is 0.500. The maximum Gasteiger partial charge on any atom is 0.469 e. The molecule has 0 radical (unpaired) electrons. The Balaban J connectivity index is 2.43. The highest BCUT2D eigenvalue weighted by molar-refractivity contribution is 7.46. The first-order valence-electron chi connectivity index (χ1n) is 13.9. The summed E-state index contributed by atoms with van der Waals surface area (Å²) in [6.45, 7) is 4.67. The summed E-state index contributed by atoms with van der Waals surface area (Å²) in [5.74, 6) is -3.89. The molecule has 1 amide bonds. The number of rotatable bonds is 16. The van der Waals surface area contributed by atoms with Crippen molar-refractivity contribution in [3.8, 4) is 0 Å².